The Labute approximate surface area is 170 Å². The number of hydrogen-bond acceptors (Lipinski definition) is 3. The molecule has 29 heavy (non-hydrogen) atoms. The molecule has 0 bridgehead atoms. The topological polar surface area (TPSA) is 55.4 Å². The van der Waals surface area contributed by atoms with E-state index in [0.717, 1.165) is 18.4 Å². The first kappa shape index (κ1) is 19.6. The van der Waals surface area contributed by atoms with Crippen LogP contribution in [0.1, 0.15) is 55.5 Å². The molecule has 1 N–H and O–H groups in total. The van der Waals surface area contributed by atoms with Crippen LogP contribution in [0.3, 0.4) is 0 Å². The quantitative estimate of drug-likeness (QED) is 0.725. The summed E-state index contributed by atoms with van der Waals surface area (Å²) in [6, 6.07) is 15.2. The van der Waals surface area contributed by atoms with Gasteiger partial charge in [-0.3, -0.25) is 9.59 Å². The number of ether oxygens (including phenoxy) is 1. The van der Waals surface area contributed by atoms with Gasteiger partial charge >= 0.3 is 5.97 Å². The Morgan fingerprint density at radius 1 is 1.00 bits per heavy atom. The lowest BCUT2D eigenvalue weighted by atomic mass is 9.50. The van der Waals surface area contributed by atoms with Crippen LogP contribution in [0.25, 0.3) is 0 Å². The number of nitrogens with one attached hydrogen (secondary N) is 1. The molecule has 2 saturated carbocycles. The Hall–Kier alpha value is -2.69. The van der Waals surface area contributed by atoms with Crippen molar-refractivity contribution in [1.82, 2.24) is 5.32 Å². The van der Waals surface area contributed by atoms with E-state index in [1.807, 2.05) is 37.3 Å². The predicted molar refractivity (Wildman–Crippen MR) is 108 cm³/mol. The first-order valence-electron chi connectivity index (χ1n) is 10.0. The van der Waals surface area contributed by atoms with E-state index < -0.39 is 5.41 Å². The molecule has 0 aromatic heterocycles. The highest BCUT2D eigenvalue weighted by Crippen LogP contribution is 2.66. The van der Waals surface area contributed by atoms with Crippen LogP contribution in [0.4, 0.5) is 4.39 Å². The van der Waals surface area contributed by atoms with Gasteiger partial charge in [-0.05, 0) is 67.9 Å². The van der Waals surface area contributed by atoms with Crippen molar-refractivity contribution >= 4 is 11.9 Å². The number of benzene rings is 2. The van der Waals surface area contributed by atoms with Gasteiger partial charge in [0.25, 0.3) is 5.91 Å². The molecule has 2 aromatic carbocycles. The van der Waals surface area contributed by atoms with Gasteiger partial charge in [-0.1, -0.05) is 37.3 Å². The zero-order chi connectivity index (χ0) is 20.7. The van der Waals surface area contributed by atoms with Crippen LogP contribution >= 0.6 is 0 Å². The molecule has 0 spiro atoms. The molecule has 152 valence electrons. The summed E-state index contributed by atoms with van der Waals surface area (Å²) >= 11 is 0. The van der Waals surface area contributed by atoms with E-state index >= 15 is 0 Å². The van der Waals surface area contributed by atoms with E-state index in [9.17, 15) is 14.0 Å². The summed E-state index contributed by atoms with van der Waals surface area (Å²) in [6.45, 7) is 4.36. The van der Waals surface area contributed by atoms with Crippen LogP contribution < -0.4 is 5.32 Å². The van der Waals surface area contributed by atoms with Gasteiger partial charge in [0, 0.05) is 11.1 Å². The standard InChI is InChI=1S/C24H26FNO3/c1-22(21(28)29-14-17-6-4-3-5-7-17)15-23(2,16-22)24(12-13-24)26-20(27)18-8-10-19(25)11-9-18/h3-11H,12-16H2,1-2H3,(H,26,27). The van der Waals surface area contributed by atoms with Crippen LogP contribution in [0.15, 0.2) is 54.6 Å². The molecule has 2 aliphatic carbocycles. The average Bonchev–Trinajstić information content (AvgIpc) is 3.47. The average molecular weight is 395 g/mol. The Balaban J connectivity index is 1.37. The molecule has 0 heterocycles. The van der Waals surface area contributed by atoms with Gasteiger partial charge in [-0.15, -0.1) is 0 Å². The first-order valence-corrected chi connectivity index (χ1v) is 10.0. The second kappa shape index (κ2) is 6.97. The summed E-state index contributed by atoms with van der Waals surface area (Å²) in [5.41, 5.74) is 0.447. The van der Waals surface area contributed by atoms with E-state index in [0.29, 0.717) is 18.4 Å². The summed E-state index contributed by atoms with van der Waals surface area (Å²) in [4.78, 5) is 25.3. The number of hydrogen-bond donors (Lipinski definition) is 1. The van der Waals surface area contributed by atoms with Crippen molar-refractivity contribution < 1.29 is 18.7 Å². The zero-order valence-electron chi connectivity index (χ0n) is 16.8. The normalized spacial score (nSPS) is 26.9. The minimum Gasteiger partial charge on any atom is -0.460 e. The highest BCUT2D eigenvalue weighted by atomic mass is 19.1. The number of esters is 1. The Kier molecular flexibility index (Phi) is 4.72. The van der Waals surface area contributed by atoms with Crippen LogP contribution in [0, 0.1) is 16.6 Å². The molecule has 2 aliphatic rings. The molecule has 0 saturated heterocycles. The Morgan fingerprint density at radius 2 is 1.62 bits per heavy atom. The minimum atomic E-state index is -0.528. The van der Waals surface area contributed by atoms with Crippen molar-refractivity contribution in [1.29, 1.82) is 0 Å². The number of halogens is 1. The molecule has 0 atom stereocenters. The van der Waals surface area contributed by atoms with Crippen LogP contribution in [-0.2, 0) is 16.1 Å². The monoisotopic (exact) mass is 395 g/mol. The molecular formula is C24H26FNO3. The third-order valence-electron chi connectivity index (χ3n) is 6.63. The van der Waals surface area contributed by atoms with Gasteiger partial charge in [0.1, 0.15) is 12.4 Å². The molecule has 4 nitrogen and oxygen atoms in total. The molecule has 0 unspecified atom stereocenters. The van der Waals surface area contributed by atoms with Crippen molar-refractivity contribution in [3.63, 3.8) is 0 Å². The van der Waals surface area contributed by atoms with E-state index in [2.05, 4.69) is 12.2 Å². The van der Waals surface area contributed by atoms with Crippen LogP contribution in [0.5, 0.6) is 0 Å². The molecule has 5 heteroatoms. The smallest absolute Gasteiger partial charge is 0.312 e. The molecule has 4 rings (SSSR count). The molecule has 2 aromatic rings. The second-order valence-corrected chi connectivity index (χ2v) is 9.08. The van der Waals surface area contributed by atoms with Crippen molar-refractivity contribution in [2.75, 3.05) is 0 Å². The highest BCUT2D eigenvalue weighted by Gasteiger charge is 2.67. The molecule has 1 amide bonds. The van der Waals surface area contributed by atoms with Crippen molar-refractivity contribution in [2.45, 2.75) is 51.7 Å². The summed E-state index contributed by atoms with van der Waals surface area (Å²) in [7, 11) is 0. The molecule has 0 aliphatic heterocycles. The maximum absolute atomic E-state index is 13.1. The van der Waals surface area contributed by atoms with Gasteiger partial charge in [0.2, 0.25) is 0 Å². The molecule has 0 radical (unpaired) electrons. The first-order chi connectivity index (χ1) is 13.8. The third kappa shape index (κ3) is 3.66. The van der Waals surface area contributed by atoms with Crippen molar-refractivity contribution in [3.05, 3.63) is 71.5 Å². The summed E-state index contributed by atoms with van der Waals surface area (Å²) in [6.07, 6.45) is 3.14. The summed E-state index contributed by atoms with van der Waals surface area (Å²) in [5.74, 6) is -0.734. The number of rotatable bonds is 6. The fourth-order valence-corrected chi connectivity index (χ4v) is 4.95. The second-order valence-electron chi connectivity index (χ2n) is 9.08. The maximum atomic E-state index is 13.1. The van der Waals surface area contributed by atoms with E-state index in [4.69, 9.17) is 4.74 Å². The summed E-state index contributed by atoms with van der Waals surface area (Å²) in [5, 5.41) is 3.17. The van der Waals surface area contributed by atoms with E-state index in [-0.39, 0.29) is 35.3 Å². The molecular weight excluding hydrogens is 369 g/mol. The van der Waals surface area contributed by atoms with Gasteiger partial charge in [0.05, 0.1) is 5.41 Å². The number of carbonyl (C=O) groups excluding carboxylic acids is 2. The fourth-order valence-electron chi connectivity index (χ4n) is 4.95. The van der Waals surface area contributed by atoms with Gasteiger partial charge in [-0.2, -0.15) is 0 Å². The zero-order valence-corrected chi connectivity index (χ0v) is 16.8. The highest BCUT2D eigenvalue weighted by molar-refractivity contribution is 5.95. The molecule has 2 fully saturated rings. The summed E-state index contributed by atoms with van der Waals surface area (Å²) < 4.78 is 18.7. The van der Waals surface area contributed by atoms with Gasteiger partial charge in [-0.25, -0.2) is 4.39 Å². The lowest BCUT2D eigenvalue weighted by Crippen LogP contribution is -2.60. The fraction of sp³-hybridized carbons (Fsp3) is 0.417. The van der Waals surface area contributed by atoms with E-state index in [1.165, 1.54) is 24.3 Å². The minimum absolute atomic E-state index is 0.150. The lowest BCUT2D eigenvalue weighted by molar-refractivity contribution is -0.173. The van der Waals surface area contributed by atoms with Gasteiger partial charge in [0.15, 0.2) is 0 Å². The lowest BCUT2D eigenvalue weighted by Gasteiger charge is -2.55. The van der Waals surface area contributed by atoms with Crippen molar-refractivity contribution in [3.8, 4) is 0 Å². The Bertz CT molecular complexity index is 913. The van der Waals surface area contributed by atoms with Crippen LogP contribution in [0.2, 0.25) is 0 Å². The number of amides is 1. The number of carbonyl (C=O) groups is 2. The third-order valence-corrected chi connectivity index (χ3v) is 6.63. The SMILES string of the molecule is CC1(C(=O)OCc2ccccc2)CC(C)(C2(NC(=O)c3ccc(F)cc3)CC2)C1. The van der Waals surface area contributed by atoms with E-state index in [1.54, 1.807) is 0 Å². The van der Waals surface area contributed by atoms with Crippen molar-refractivity contribution in [2.24, 2.45) is 10.8 Å². The van der Waals surface area contributed by atoms with Crippen LogP contribution in [-0.4, -0.2) is 17.4 Å². The Morgan fingerprint density at radius 3 is 2.21 bits per heavy atom. The predicted octanol–water partition coefficient (Wildman–Crippen LogP) is 4.64. The maximum Gasteiger partial charge on any atom is 0.312 e. The largest absolute Gasteiger partial charge is 0.460 e. The van der Waals surface area contributed by atoms with Gasteiger partial charge < -0.3 is 10.1 Å².